The Morgan fingerprint density at radius 1 is 1.26 bits per heavy atom. The van der Waals surface area contributed by atoms with E-state index in [2.05, 4.69) is 10.3 Å². The zero-order chi connectivity index (χ0) is 16.7. The molecule has 0 aliphatic carbocycles. The molecule has 1 aromatic heterocycles. The number of nitrogens with zero attached hydrogens (tertiary/aromatic N) is 1. The van der Waals surface area contributed by atoms with Gasteiger partial charge in [-0.15, -0.1) is 0 Å². The smallest absolute Gasteiger partial charge is 0.357 e. The molecule has 2 aromatic rings. The quantitative estimate of drug-likeness (QED) is 0.822. The lowest BCUT2D eigenvalue weighted by atomic mass is 10.1. The van der Waals surface area contributed by atoms with Crippen molar-refractivity contribution in [3.05, 3.63) is 64.7 Å². The summed E-state index contributed by atoms with van der Waals surface area (Å²) in [6.45, 7) is -0.197. The molecule has 1 heterocycles. The van der Waals surface area contributed by atoms with Crippen LogP contribution in [0.25, 0.3) is 0 Å². The van der Waals surface area contributed by atoms with Gasteiger partial charge in [0.25, 0.3) is 5.91 Å². The second-order valence-corrected chi connectivity index (χ2v) is 5.06. The Labute approximate surface area is 137 Å². The molecule has 1 amide bonds. The van der Waals surface area contributed by atoms with Gasteiger partial charge in [-0.1, -0.05) is 29.8 Å². The highest BCUT2D eigenvalue weighted by Crippen LogP contribution is 2.09. The largest absolute Gasteiger partial charge is 0.451 e. The average Bonchev–Trinajstić information content (AvgIpc) is 2.54. The van der Waals surface area contributed by atoms with Crippen LogP contribution in [0.15, 0.2) is 42.6 Å². The predicted octanol–water partition coefficient (Wildman–Crippen LogP) is 2.39. The van der Waals surface area contributed by atoms with Crippen molar-refractivity contribution in [3.8, 4) is 0 Å². The summed E-state index contributed by atoms with van der Waals surface area (Å²) >= 11 is 5.73. The number of ether oxygens (including phenoxy) is 1. The fourth-order valence-electron chi connectivity index (χ4n) is 1.81. The molecule has 23 heavy (non-hydrogen) atoms. The molecule has 2 rings (SSSR count). The minimum absolute atomic E-state index is 0.0247. The lowest BCUT2D eigenvalue weighted by Gasteiger charge is -2.07. The molecule has 1 aromatic carbocycles. The molecular formula is C16H14ClFN2O3. The lowest BCUT2D eigenvalue weighted by molar-refractivity contribution is -0.124. The summed E-state index contributed by atoms with van der Waals surface area (Å²) in [6, 6.07) is 9.19. The van der Waals surface area contributed by atoms with Gasteiger partial charge in [0, 0.05) is 17.8 Å². The molecule has 0 radical (unpaired) electrons. The highest BCUT2D eigenvalue weighted by molar-refractivity contribution is 6.30. The SMILES string of the molecule is O=C(COC(=O)c1cc(Cl)ccn1)NCCc1ccccc1F. The molecule has 0 aliphatic heterocycles. The minimum atomic E-state index is -0.739. The number of benzene rings is 1. The zero-order valence-electron chi connectivity index (χ0n) is 12.1. The van der Waals surface area contributed by atoms with E-state index < -0.39 is 18.5 Å². The van der Waals surface area contributed by atoms with Crippen molar-refractivity contribution >= 4 is 23.5 Å². The van der Waals surface area contributed by atoms with Crippen LogP contribution in [0.4, 0.5) is 4.39 Å². The molecule has 0 atom stereocenters. The number of carbonyl (C=O) groups excluding carboxylic acids is 2. The number of hydrogen-bond donors (Lipinski definition) is 1. The van der Waals surface area contributed by atoms with Crippen LogP contribution in [0.2, 0.25) is 5.02 Å². The van der Waals surface area contributed by atoms with Gasteiger partial charge in [0.1, 0.15) is 11.5 Å². The van der Waals surface area contributed by atoms with Crippen LogP contribution in [0.3, 0.4) is 0 Å². The number of esters is 1. The monoisotopic (exact) mass is 336 g/mol. The second-order valence-electron chi connectivity index (χ2n) is 4.63. The molecular weight excluding hydrogens is 323 g/mol. The maximum atomic E-state index is 13.4. The first kappa shape index (κ1) is 16.9. The van der Waals surface area contributed by atoms with Gasteiger partial charge in [-0.05, 0) is 30.2 Å². The fraction of sp³-hybridized carbons (Fsp3) is 0.188. The van der Waals surface area contributed by atoms with Gasteiger partial charge in [0.2, 0.25) is 0 Å². The van der Waals surface area contributed by atoms with Crippen molar-refractivity contribution in [1.82, 2.24) is 10.3 Å². The van der Waals surface area contributed by atoms with Crippen LogP contribution in [0, 0.1) is 5.82 Å². The number of aromatic nitrogens is 1. The van der Waals surface area contributed by atoms with E-state index >= 15 is 0 Å². The summed E-state index contributed by atoms with van der Waals surface area (Å²) in [5, 5.41) is 2.90. The van der Waals surface area contributed by atoms with Gasteiger partial charge in [0.05, 0.1) is 0 Å². The van der Waals surface area contributed by atoms with Crippen molar-refractivity contribution < 1.29 is 18.7 Å². The van der Waals surface area contributed by atoms with Crippen LogP contribution >= 0.6 is 11.6 Å². The molecule has 120 valence electrons. The molecule has 0 saturated heterocycles. The summed E-state index contributed by atoms with van der Waals surface area (Å²) in [5.74, 6) is -1.53. The Morgan fingerprint density at radius 2 is 2.04 bits per heavy atom. The van der Waals surface area contributed by atoms with Crippen molar-refractivity contribution in [2.75, 3.05) is 13.2 Å². The summed E-state index contributed by atoms with van der Waals surface area (Å²) in [7, 11) is 0. The zero-order valence-corrected chi connectivity index (χ0v) is 12.8. The van der Waals surface area contributed by atoms with E-state index in [0.29, 0.717) is 17.0 Å². The van der Waals surface area contributed by atoms with Crippen LogP contribution in [-0.4, -0.2) is 30.0 Å². The Hall–Kier alpha value is -2.47. The number of amides is 1. The number of carbonyl (C=O) groups is 2. The molecule has 0 spiro atoms. The van der Waals surface area contributed by atoms with Crippen molar-refractivity contribution in [1.29, 1.82) is 0 Å². The molecule has 5 nitrogen and oxygen atoms in total. The van der Waals surface area contributed by atoms with Crippen LogP contribution in [-0.2, 0) is 16.0 Å². The Bertz CT molecular complexity index is 709. The van der Waals surface area contributed by atoms with Gasteiger partial charge in [-0.25, -0.2) is 14.2 Å². The normalized spacial score (nSPS) is 10.2. The number of hydrogen-bond acceptors (Lipinski definition) is 4. The summed E-state index contributed by atoms with van der Waals surface area (Å²) in [6.07, 6.45) is 1.72. The Kier molecular flexibility index (Phi) is 6.05. The van der Waals surface area contributed by atoms with Gasteiger partial charge in [-0.2, -0.15) is 0 Å². The highest BCUT2D eigenvalue weighted by atomic mass is 35.5. The van der Waals surface area contributed by atoms with Crippen molar-refractivity contribution in [2.24, 2.45) is 0 Å². The first-order valence-electron chi connectivity index (χ1n) is 6.85. The Morgan fingerprint density at radius 3 is 2.78 bits per heavy atom. The second kappa shape index (κ2) is 8.24. The van der Waals surface area contributed by atoms with Gasteiger partial charge < -0.3 is 10.1 Å². The topological polar surface area (TPSA) is 68.3 Å². The minimum Gasteiger partial charge on any atom is -0.451 e. The van der Waals surface area contributed by atoms with E-state index in [1.807, 2.05) is 0 Å². The third-order valence-electron chi connectivity index (χ3n) is 2.94. The first-order chi connectivity index (χ1) is 11.1. The van der Waals surface area contributed by atoms with E-state index in [-0.39, 0.29) is 18.1 Å². The summed E-state index contributed by atoms with van der Waals surface area (Å²) in [5.41, 5.74) is 0.532. The lowest BCUT2D eigenvalue weighted by Crippen LogP contribution is -2.30. The first-order valence-corrected chi connectivity index (χ1v) is 7.23. The van der Waals surface area contributed by atoms with Crippen LogP contribution in [0.5, 0.6) is 0 Å². The van der Waals surface area contributed by atoms with E-state index in [1.165, 1.54) is 24.4 Å². The van der Waals surface area contributed by atoms with E-state index in [4.69, 9.17) is 16.3 Å². The summed E-state index contributed by atoms with van der Waals surface area (Å²) in [4.78, 5) is 27.1. The number of pyridine rings is 1. The molecule has 1 N–H and O–H groups in total. The molecule has 7 heteroatoms. The van der Waals surface area contributed by atoms with Gasteiger partial charge in [-0.3, -0.25) is 4.79 Å². The third kappa shape index (κ3) is 5.34. The van der Waals surface area contributed by atoms with E-state index in [9.17, 15) is 14.0 Å². The standard InChI is InChI=1S/C16H14ClFN2O3/c17-12-6-8-19-14(9-12)16(22)23-10-15(21)20-7-5-11-3-1-2-4-13(11)18/h1-4,6,8-9H,5,7,10H2,(H,20,21). The highest BCUT2D eigenvalue weighted by Gasteiger charge is 2.11. The number of halogens is 2. The number of nitrogens with one attached hydrogen (secondary N) is 1. The van der Waals surface area contributed by atoms with Crippen molar-refractivity contribution in [3.63, 3.8) is 0 Å². The maximum absolute atomic E-state index is 13.4. The van der Waals surface area contributed by atoms with Crippen molar-refractivity contribution in [2.45, 2.75) is 6.42 Å². The molecule has 0 fully saturated rings. The average molecular weight is 337 g/mol. The fourth-order valence-corrected chi connectivity index (χ4v) is 1.97. The third-order valence-corrected chi connectivity index (χ3v) is 3.17. The summed E-state index contributed by atoms with van der Waals surface area (Å²) < 4.78 is 18.2. The maximum Gasteiger partial charge on any atom is 0.357 e. The predicted molar refractivity (Wildman–Crippen MR) is 82.6 cm³/mol. The van der Waals surface area contributed by atoms with Crippen LogP contribution < -0.4 is 5.32 Å². The molecule has 0 aliphatic rings. The molecule has 0 saturated carbocycles. The van der Waals surface area contributed by atoms with Gasteiger partial charge in [0.15, 0.2) is 6.61 Å². The Balaban J connectivity index is 1.73. The van der Waals surface area contributed by atoms with Gasteiger partial charge >= 0.3 is 5.97 Å². The van der Waals surface area contributed by atoms with E-state index in [1.54, 1.807) is 18.2 Å². The van der Waals surface area contributed by atoms with E-state index in [0.717, 1.165) is 0 Å². The van der Waals surface area contributed by atoms with Crippen LogP contribution in [0.1, 0.15) is 16.1 Å². The number of rotatable bonds is 6. The molecule has 0 unspecified atom stereocenters. The molecule has 0 bridgehead atoms.